The Hall–Kier alpha value is -3.19. The number of anilines is 1. The SMILES string of the molecule is COC(=O)c1ccc(/C=N\NC(=O)C(=O)Nc2ccc(C)c(Cl)c2)cc1. The van der Waals surface area contributed by atoms with Gasteiger partial charge in [0, 0.05) is 10.7 Å². The number of hydrazone groups is 1. The number of hydrogen-bond acceptors (Lipinski definition) is 5. The van der Waals surface area contributed by atoms with Gasteiger partial charge in [-0.2, -0.15) is 5.10 Å². The first-order valence-corrected chi connectivity index (χ1v) is 7.87. The van der Waals surface area contributed by atoms with Crippen LogP contribution in [0.25, 0.3) is 0 Å². The quantitative estimate of drug-likeness (QED) is 0.372. The fourth-order valence-corrected chi connectivity index (χ4v) is 2.08. The minimum absolute atomic E-state index is 0.393. The van der Waals surface area contributed by atoms with Gasteiger partial charge in [-0.25, -0.2) is 10.2 Å². The number of hydrogen-bond donors (Lipinski definition) is 2. The lowest BCUT2D eigenvalue weighted by molar-refractivity contribution is -0.136. The molecule has 2 aromatic rings. The number of carbonyl (C=O) groups excluding carboxylic acids is 3. The summed E-state index contributed by atoms with van der Waals surface area (Å²) in [7, 11) is 1.29. The second kappa shape index (κ2) is 8.77. The van der Waals surface area contributed by atoms with Crippen LogP contribution in [0.2, 0.25) is 5.02 Å². The topological polar surface area (TPSA) is 96.9 Å². The zero-order chi connectivity index (χ0) is 19.1. The van der Waals surface area contributed by atoms with Gasteiger partial charge in [0.2, 0.25) is 0 Å². The van der Waals surface area contributed by atoms with Crippen LogP contribution in [0.1, 0.15) is 21.5 Å². The number of rotatable bonds is 4. The van der Waals surface area contributed by atoms with Gasteiger partial charge in [-0.1, -0.05) is 29.8 Å². The first kappa shape index (κ1) is 19.1. The molecule has 0 spiro atoms. The van der Waals surface area contributed by atoms with Crippen LogP contribution in [0.15, 0.2) is 47.6 Å². The van der Waals surface area contributed by atoms with Crippen molar-refractivity contribution in [3.05, 3.63) is 64.2 Å². The molecule has 0 atom stereocenters. The third kappa shape index (κ3) is 5.15. The van der Waals surface area contributed by atoms with E-state index in [4.69, 9.17) is 11.6 Å². The van der Waals surface area contributed by atoms with Gasteiger partial charge in [-0.15, -0.1) is 0 Å². The number of benzene rings is 2. The van der Waals surface area contributed by atoms with Crippen molar-refractivity contribution < 1.29 is 19.1 Å². The van der Waals surface area contributed by atoms with Crippen molar-refractivity contribution in [3.63, 3.8) is 0 Å². The van der Waals surface area contributed by atoms with Crippen molar-refractivity contribution in [1.29, 1.82) is 0 Å². The molecule has 2 N–H and O–H groups in total. The second-order valence-corrected chi connectivity index (χ2v) is 5.64. The van der Waals surface area contributed by atoms with Gasteiger partial charge in [-0.3, -0.25) is 9.59 Å². The number of esters is 1. The van der Waals surface area contributed by atoms with E-state index in [0.29, 0.717) is 21.8 Å². The van der Waals surface area contributed by atoms with Crippen molar-refractivity contribution in [3.8, 4) is 0 Å². The van der Waals surface area contributed by atoms with Crippen molar-refractivity contribution in [2.24, 2.45) is 5.10 Å². The van der Waals surface area contributed by atoms with E-state index in [-0.39, 0.29) is 0 Å². The van der Waals surface area contributed by atoms with Crippen LogP contribution in [0, 0.1) is 6.92 Å². The van der Waals surface area contributed by atoms with Crippen molar-refractivity contribution in [2.45, 2.75) is 6.92 Å². The highest BCUT2D eigenvalue weighted by molar-refractivity contribution is 6.39. The Bertz CT molecular complexity index is 863. The van der Waals surface area contributed by atoms with E-state index < -0.39 is 17.8 Å². The molecule has 7 nitrogen and oxygen atoms in total. The highest BCUT2D eigenvalue weighted by atomic mass is 35.5. The lowest BCUT2D eigenvalue weighted by atomic mass is 10.1. The fraction of sp³-hybridized carbons (Fsp3) is 0.111. The maximum absolute atomic E-state index is 11.8. The Morgan fingerprint density at radius 3 is 2.38 bits per heavy atom. The summed E-state index contributed by atoms with van der Waals surface area (Å²) in [5, 5.41) is 6.61. The average Bonchev–Trinajstić information content (AvgIpc) is 2.64. The first-order valence-electron chi connectivity index (χ1n) is 7.49. The van der Waals surface area contributed by atoms with Gasteiger partial charge < -0.3 is 10.1 Å². The zero-order valence-electron chi connectivity index (χ0n) is 14.1. The number of aryl methyl sites for hydroxylation is 1. The molecule has 26 heavy (non-hydrogen) atoms. The molecule has 0 heterocycles. The number of nitrogens with zero attached hydrogens (tertiary/aromatic N) is 1. The lowest BCUT2D eigenvalue weighted by Crippen LogP contribution is -2.32. The fourth-order valence-electron chi connectivity index (χ4n) is 1.90. The molecule has 0 aliphatic heterocycles. The predicted octanol–water partition coefficient (Wildman–Crippen LogP) is 2.52. The molecule has 0 radical (unpaired) electrons. The molecule has 2 amide bonds. The molecule has 0 fully saturated rings. The highest BCUT2D eigenvalue weighted by Crippen LogP contribution is 2.19. The number of ether oxygens (including phenoxy) is 1. The monoisotopic (exact) mass is 373 g/mol. The summed E-state index contributed by atoms with van der Waals surface area (Å²) in [6.07, 6.45) is 1.34. The van der Waals surface area contributed by atoms with E-state index in [1.165, 1.54) is 13.3 Å². The molecular weight excluding hydrogens is 358 g/mol. The van der Waals surface area contributed by atoms with E-state index in [9.17, 15) is 14.4 Å². The summed E-state index contributed by atoms with van der Waals surface area (Å²) < 4.78 is 4.60. The molecule has 0 unspecified atom stereocenters. The lowest BCUT2D eigenvalue weighted by Gasteiger charge is -2.05. The average molecular weight is 374 g/mol. The standard InChI is InChI=1S/C18H16ClN3O4/c1-11-3-8-14(9-15(11)19)21-16(23)17(24)22-20-10-12-4-6-13(7-5-12)18(25)26-2/h3-10H,1-2H3,(H,21,23)(H,22,24)/b20-10-. The molecule has 8 heteroatoms. The third-order valence-electron chi connectivity index (χ3n) is 3.35. The van der Waals surface area contributed by atoms with Gasteiger partial charge in [0.05, 0.1) is 18.9 Å². The molecule has 0 saturated carbocycles. The number of amides is 2. The Morgan fingerprint density at radius 1 is 1.08 bits per heavy atom. The van der Waals surface area contributed by atoms with Gasteiger partial charge in [0.1, 0.15) is 0 Å². The molecular formula is C18H16ClN3O4. The van der Waals surface area contributed by atoms with E-state index >= 15 is 0 Å². The van der Waals surface area contributed by atoms with E-state index in [1.54, 1.807) is 42.5 Å². The summed E-state index contributed by atoms with van der Waals surface area (Å²) in [4.78, 5) is 34.9. The van der Waals surface area contributed by atoms with Gasteiger partial charge in [0.15, 0.2) is 0 Å². The van der Waals surface area contributed by atoms with Gasteiger partial charge in [-0.05, 0) is 42.3 Å². The molecule has 134 valence electrons. The van der Waals surface area contributed by atoms with Crippen LogP contribution in [0.4, 0.5) is 5.69 Å². The van der Waals surface area contributed by atoms with E-state index in [2.05, 4.69) is 20.6 Å². The maximum atomic E-state index is 11.8. The Kier molecular flexibility index (Phi) is 6.46. The normalized spacial score (nSPS) is 10.4. The van der Waals surface area contributed by atoms with Crippen LogP contribution >= 0.6 is 11.6 Å². The van der Waals surface area contributed by atoms with E-state index in [1.807, 2.05) is 6.92 Å². The Balaban J connectivity index is 1.90. The molecule has 2 rings (SSSR count). The molecule has 0 aromatic heterocycles. The molecule has 0 aliphatic carbocycles. The summed E-state index contributed by atoms with van der Waals surface area (Å²) in [6, 6.07) is 11.3. The first-order chi connectivity index (χ1) is 12.4. The van der Waals surface area contributed by atoms with Crippen molar-refractivity contribution in [1.82, 2.24) is 5.43 Å². The molecule has 0 bridgehead atoms. The number of methoxy groups -OCH3 is 1. The van der Waals surface area contributed by atoms with Gasteiger partial charge >= 0.3 is 17.8 Å². The van der Waals surface area contributed by atoms with Crippen LogP contribution in [-0.4, -0.2) is 31.1 Å². The second-order valence-electron chi connectivity index (χ2n) is 5.23. The minimum Gasteiger partial charge on any atom is -0.465 e. The molecule has 2 aromatic carbocycles. The Labute approximate surface area is 155 Å². The largest absolute Gasteiger partial charge is 0.465 e. The van der Waals surface area contributed by atoms with Gasteiger partial charge in [0.25, 0.3) is 0 Å². The third-order valence-corrected chi connectivity index (χ3v) is 3.75. The summed E-state index contributed by atoms with van der Waals surface area (Å²) in [6.45, 7) is 1.83. The van der Waals surface area contributed by atoms with E-state index in [0.717, 1.165) is 5.56 Å². The predicted molar refractivity (Wildman–Crippen MR) is 98.3 cm³/mol. The van der Waals surface area contributed by atoms with Crippen molar-refractivity contribution >= 4 is 41.3 Å². The number of nitrogens with one attached hydrogen (secondary N) is 2. The van der Waals surface area contributed by atoms with Crippen LogP contribution in [0.5, 0.6) is 0 Å². The zero-order valence-corrected chi connectivity index (χ0v) is 14.8. The summed E-state index contributed by atoms with van der Waals surface area (Å²) in [5.74, 6) is -2.25. The molecule has 0 aliphatic rings. The number of halogens is 1. The summed E-state index contributed by atoms with van der Waals surface area (Å²) >= 11 is 5.96. The molecule has 0 saturated heterocycles. The van der Waals surface area contributed by atoms with Crippen LogP contribution < -0.4 is 10.7 Å². The highest BCUT2D eigenvalue weighted by Gasteiger charge is 2.13. The van der Waals surface area contributed by atoms with Crippen LogP contribution in [-0.2, 0) is 14.3 Å². The summed E-state index contributed by atoms with van der Waals surface area (Å²) in [5.41, 5.74) is 4.41. The maximum Gasteiger partial charge on any atom is 0.337 e. The number of carbonyl (C=O) groups is 3. The van der Waals surface area contributed by atoms with Crippen LogP contribution in [0.3, 0.4) is 0 Å². The van der Waals surface area contributed by atoms with Crippen molar-refractivity contribution in [2.75, 3.05) is 12.4 Å². The smallest absolute Gasteiger partial charge is 0.337 e. The minimum atomic E-state index is -0.927. The Morgan fingerprint density at radius 2 is 1.77 bits per heavy atom.